The van der Waals surface area contributed by atoms with Gasteiger partial charge in [-0.3, -0.25) is 14.4 Å². The Hall–Kier alpha value is -4.04. The molecule has 4 rings (SSSR count). The summed E-state index contributed by atoms with van der Waals surface area (Å²) in [5, 5.41) is 15.2. The molecular weight excluding hydrogens is 584 g/mol. The Morgan fingerprint density at radius 1 is 1.07 bits per heavy atom. The number of rotatable bonds is 14. The van der Waals surface area contributed by atoms with Crippen molar-refractivity contribution in [2.45, 2.75) is 88.9 Å². The van der Waals surface area contributed by atoms with Gasteiger partial charge in [0.2, 0.25) is 11.8 Å². The van der Waals surface area contributed by atoms with E-state index in [0.717, 1.165) is 11.1 Å². The second-order valence-corrected chi connectivity index (χ2v) is 11.7. The van der Waals surface area contributed by atoms with Gasteiger partial charge in [-0.05, 0) is 50.8 Å². The summed E-state index contributed by atoms with van der Waals surface area (Å²) in [6.45, 7) is 5.41. The molecular formula is C32H42N4O9. The summed E-state index contributed by atoms with van der Waals surface area (Å²) in [4.78, 5) is 53.1. The lowest BCUT2D eigenvalue weighted by Crippen LogP contribution is -2.57. The lowest BCUT2D eigenvalue weighted by Gasteiger charge is -2.34. The fraction of sp³-hybridized carbons (Fsp3) is 0.500. The molecule has 0 bridgehead atoms. The third kappa shape index (κ3) is 8.78. The van der Waals surface area contributed by atoms with Gasteiger partial charge < -0.3 is 45.3 Å². The number of hydrogen-bond acceptors (Lipinski definition) is 8. The molecule has 5 N–H and O–H groups in total. The molecule has 2 saturated heterocycles. The largest absolute Gasteiger partial charge is 0.481 e. The molecule has 0 aliphatic carbocycles. The molecule has 2 aliphatic rings. The van der Waals surface area contributed by atoms with E-state index >= 15 is 0 Å². The van der Waals surface area contributed by atoms with E-state index in [1.165, 1.54) is 12.0 Å². The Balaban J connectivity index is 1.62. The highest BCUT2D eigenvalue weighted by Gasteiger charge is 2.57. The number of aryl methyl sites for hydroxylation is 1. The van der Waals surface area contributed by atoms with Gasteiger partial charge in [0.1, 0.15) is 24.4 Å². The van der Waals surface area contributed by atoms with Gasteiger partial charge in [0.05, 0.1) is 6.04 Å². The maximum absolute atomic E-state index is 14.1. The van der Waals surface area contributed by atoms with Gasteiger partial charge in [-0.2, -0.15) is 0 Å². The van der Waals surface area contributed by atoms with Crippen molar-refractivity contribution in [3.8, 4) is 0 Å². The highest BCUT2D eigenvalue weighted by atomic mass is 16.8. The highest BCUT2D eigenvalue weighted by Crippen LogP contribution is 2.39. The number of nitrogens with zero attached hydrogens (tertiary/aromatic N) is 1. The van der Waals surface area contributed by atoms with E-state index in [2.05, 4.69) is 10.6 Å². The number of carbonyl (C=O) groups excluding carboxylic acids is 3. The minimum atomic E-state index is -1.22. The van der Waals surface area contributed by atoms with E-state index in [9.17, 15) is 24.3 Å². The number of fused-ring (bicyclic) bond motifs is 1. The summed E-state index contributed by atoms with van der Waals surface area (Å²) < 4.78 is 23.6. The Kier molecular flexibility index (Phi) is 11.2. The number of primary amides is 1. The number of carboxylic acid groups (broad SMARTS) is 1. The Labute approximate surface area is 262 Å². The minimum absolute atomic E-state index is 0.0987. The van der Waals surface area contributed by atoms with Gasteiger partial charge in [-0.1, -0.05) is 48.5 Å². The molecule has 0 spiro atoms. The van der Waals surface area contributed by atoms with E-state index in [0.29, 0.717) is 12.1 Å². The van der Waals surface area contributed by atoms with E-state index in [-0.39, 0.29) is 25.8 Å². The van der Waals surface area contributed by atoms with Gasteiger partial charge in [0.25, 0.3) is 0 Å². The maximum atomic E-state index is 14.1. The van der Waals surface area contributed by atoms with Crippen LogP contribution in [0.1, 0.15) is 44.2 Å². The minimum Gasteiger partial charge on any atom is -0.481 e. The number of para-hydroxylation sites is 1. The molecule has 0 radical (unpaired) electrons. The lowest BCUT2D eigenvalue weighted by molar-refractivity contribution is -0.220. The number of urea groups is 1. The van der Waals surface area contributed by atoms with Gasteiger partial charge >= 0.3 is 12.0 Å². The molecule has 13 heteroatoms. The number of methoxy groups -OCH3 is 1. The molecule has 2 aromatic carbocycles. The van der Waals surface area contributed by atoms with Gasteiger partial charge in [0, 0.05) is 32.2 Å². The SMILES string of the molecule is CO[C@H]1[C@@H]2OC(C)(C)O[C@@H]2O[C@H]1[C@H](CC(N)=O)NC(=O)[C@H](CCC(=O)O)N(CCc1ccccc1)C(=O)Nc1ccccc1C. The summed E-state index contributed by atoms with van der Waals surface area (Å²) in [5.41, 5.74) is 7.86. The number of carboxylic acids is 1. The van der Waals surface area contributed by atoms with Crippen molar-refractivity contribution in [3.05, 3.63) is 65.7 Å². The molecule has 6 atom stereocenters. The number of aliphatic carboxylic acids is 1. The van der Waals surface area contributed by atoms with Crippen LogP contribution in [0.4, 0.5) is 10.5 Å². The monoisotopic (exact) mass is 626 g/mol. The number of nitrogens with two attached hydrogens (primary N) is 1. The summed E-state index contributed by atoms with van der Waals surface area (Å²) >= 11 is 0. The molecule has 0 unspecified atom stereocenters. The first kappa shape index (κ1) is 33.8. The third-order valence-electron chi connectivity index (χ3n) is 7.89. The maximum Gasteiger partial charge on any atom is 0.322 e. The normalized spacial score (nSPS) is 23.0. The van der Waals surface area contributed by atoms with Crippen LogP contribution in [0, 0.1) is 6.92 Å². The van der Waals surface area contributed by atoms with Crippen LogP contribution in [0.15, 0.2) is 54.6 Å². The Morgan fingerprint density at radius 3 is 2.40 bits per heavy atom. The van der Waals surface area contributed by atoms with Gasteiger partial charge in [-0.15, -0.1) is 0 Å². The van der Waals surface area contributed by atoms with Crippen molar-refractivity contribution in [2.24, 2.45) is 5.73 Å². The average molecular weight is 627 g/mol. The fourth-order valence-electron chi connectivity index (χ4n) is 5.72. The van der Waals surface area contributed by atoms with Crippen LogP contribution in [-0.4, -0.2) is 89.9 Å². The second-order valence-electron chi connectivity index (χ2n) is 11.7. The van der Waals surface area contributed by atoms with Crippen molar-refractivity contribution in [3.63, 3.8) is 0 Å². The molecule has 13 nitrogen and oxygen atoms in total. The van der Waals surface area contributed by atoms with Gasteiger partial charge in [0.15, 0.2) is 12.1 Å². The van der Waals surface area contributed by atoms with Crippen LogP contribution in [0.5, 0.6) is 0 Å². The van der Waals surface area contributed by atoms with Crippen LogP contribution in [0.25, 0.3) is 0 Å². The number of amides is 4. The first-order chi connectivity index (χ1) is 21.4. The molecule has 2 aromatic rings. The molecule has 4 amide bonds. The van der Waals surface area contributed by atoms with Crippen LogP contribution in [0.3, 0.4) is 0 Å². The standard InChI is InChI=1S/C32H42N4O9/c1-19-10-8-9-13-21(19)35-31(41)36(17-16-20-11-6-5-7-12-20)23(14-15-25(38)39)29(40)34-22(18-24(33)37)26-27(42-4)28-30(43-26)45-32(2,3)44-28/h5-13,22-23,26-28,30H,14-18H2,1-4H3,(H2,33,37)(H,34,40)(H,35,41)(H,38,39)/t22-,23-,26-,27+,28-,30-/m0/s1. The van der Waals surface area contributed by atoms with Crippen molar-refractivity contribution in [1.29, 1.82) is 0 Å². The van der Waals surface area contributed by atoms with Crippen molar-refractivity contribution < 1.29 is 43.2 Å². The zero-order chi connectivity index (χ0) is 32.7. The van der Waals surface area contributed by atoms with Crippen molar-refractivity contribution in [2.75, 3.05) is 19.0 Å². The number of ether oxygens (including phenoxy) is 4. The molecule has 2 fully saturated rings. The molecule has 244 valence electrons. The Bertz CT molecular complexity index is 1360. The van der Waals surface area contributed by atoms with Crippen LogP contribution < -0.4 is 16.4 Å². The molecule has 2 heterocycles. The van der Waals surface area contributed by atoms with Crippen molar-refractivity contribution >= 4 is 29.5 Å². The first-order valence-corrected chi connectivity index (χ1v) is 14.9. The summed E-state index contributed by atoms with van der Waals surface area (Å²) in [6.07, 6.45) is -3.56. The number of nitrogens with one attached hydrogen (secondary N) is 2. The zero-order valence-electron chi connectivity index (χ0n) is 25.9. The molecule has 45 heavy (non-hydrogen) atoms. The number of hydrogen-bond donors (Lipinski definition) is 4. The van der Waals surface area contributed by atoms with Gasteiger partial charge in [-0.25, -0.2) is 4.79 Å². The van der Waals surface area contributed by atoms with Crippen LogP contribution in [-0.2, 0) is 39.8 Å². The van der Waals surface area contributed by atoms with Crippen molar-refractivity contribution in [1.82, 2.24) is 10.2 Å². The fourth-order valence-corrected chi connectivity index (χ4v) is 5.72. The second kappa shape index (κ2) is 14.8. The topological polar surface area (TPSA) is 179 Å². The predicted molar refractivity (Wildman–Crippen MR) is 163 cm³/mol. The van der Waals surface area contributed by atoms with E-state index < -0.39 is 66.3 Å². The summed E-state index contributed by atoms with van der Waals surface area (Å²) in [7, 11) is 1.46. The summed E-state index contributed by atoms with van der Waals surface area (Å²) in [6, 6.07) is 13.8. The molecule has 0 saturated carbocycles. The molecule has 2 aliphatic heterocycles. The summed E-state index contributed by atoms with van der Waals surface area (Å²) in [5.74, 6) is -3.44. The smallest absolute Gasteiger partial charge is 0.322 e. The zero-order valence-corrected chi connectivity index (χ0v) is 25.9. The number of benzene rings is 2. The van der Waals surface area contributed by atoms with E-state index in [1.807, 2.05) is 49.4 Å². The highest BCUT2D eigenvalue weighted by molar-refractivity contribution is 5.94. The third-order valence-corrected chi connectivity index (χ3v) is 7.89. The average Bonchev–Trinajstić information content (AvgIpc) is 3.46. The Morgan fingerprint density at radius 2 is 1.76 bits per heavy atom. The predicted octanol–water partition coefficient (Wildman–Crippen LogP) is 2.56. The first-order valence-electron chi connectivity index (χ1n) is 14.9. The number of carbonyl (C=O) groups is 4. The van der Waals surface area contributed by atoms with Crippen LogP contribution >= 0.6 is 0 Å². The van der Waals surface area contributed by atoms with Crippen LogP contribution in [0.2, 0.25) is 0 Å². The lowest BCUT2D eigenvalue weighted by atomic mass is 9.99. The number of anilines is 1. The van der Waals surface area contributed by atoms with E-state index in [4.69, 9.17) is 24.7 Å². The quantitative estimate of drug-likeness (QED) is 0.245. The molecule has 0 aromatic heterocycles. The van der Waals surface area contributed by atoms with E-state index in [1.54, 1.807) is 26.0 Å².